The largest absolute Gasteiger partial charge is 0.481 e. The predicted molar refractivity (Wildman–Crippen MR) is 79.3 cm³/mol. The molecule has 1 atom stereocenters. The van der Waals surface area contributed by atoms with Gasteiger partial charge in [-0.25, -0.2) is 0 Å². The number of hydrogen-bond acceptors (Lipinski definition) is 4. The van der Waals surface area contributed by atoms with Crippen molar-refractivity contribution >= 4 is 17.8 Å². The number of carboxylic acid groups (broad SMARTS) is 1. The van der Waals surface area contributed by atoms with Crippen molar-refractivity contribution in [1.82, 2.24) is 10.6 Å². The maximum absolute atomic E-state index is 12.1. The van der Waals surface area contributed by atoms with Crippen LogP contribution in [0.5, 0.6) is 0 Å². The smallest absolute Gasteiger partial charge is 0.303 e. The monoisotopic (exact) mass is 310 g/mol. The number of unbranched alkanes of at least 4 members (excludes halogenated alkanes) is 1. The summed E-state index contributed by atoms with van der Waals surface area (Å²) in [5.41, 5.74) is 0. The van der Waals surface area contributed by atoms with Crippen LogP contribution in [0.1, 0.15) is 43.7 Å². The molecular formula is C15H22N2O5. The molecule has 0 aromatic carbocycles. The number of carbonyl (C=O) groups is 3. The first-order valence-corrected chi connectivity index (χ1v) is 7.25. The number of aliphatic carboxylic acids is 1. The lowest BCUT2D eigenvalue weighted by molar-refractivity contribution is -0.137. The van der Waals surface area contributed by atoms with Crippen molar-refractivity contribution in [1.29, 1.82) is 0 Å². The zero-order valence-corrected chi connectivity index (χ0v) is 12.8. The third kappa shape index (κ3) is 5.99. The fourth-order valence-corrected chi connectivity index (χ4v) is 1.88. The third-order valence-corrected chi connectivity index (χ3v) is 3.10. The van der Waals surface area contributed by atoms with Crippen molar-refractivity contribution in [2.45, 2.75) is 39.2 Å². The minimum absolute atomic E-state index is 0.0821. The van der Waals surface area contributed by atoms with Gasteiger partial charge >= 0.3 is 5.97 Å². The van der Waals surface area contributed by atoms with E-state index in [2.05, 4.69) is 10.6 Å². The average molecular weight is 310 g/mol. The van der Waals surface area contributed by atoms with E-state index in [1.165, 1.54) is 12.3 Å². The molecule has 1 rings (SSSR count). The summed E-state index contributed by atoms with van der Waals surface area (Å²) in [6.07, 6.45) is 2.55. The molecule has 7 nitrogen and oxygen atoms in total. The first-order chi connectivity index (χ1) is 10.4. The highest BCUT2D eigenvalue weighted by Gasteiger charge is 2.25. The van der Waals surface area contributed by atoms with Crippen LogP contribution < -0.4 is 10.6 Å². The lowest BCUT2D eigenvalue weighted by Gasteiger charge is -2.21. The van der Waals surface area contributed by atoms with E-state index in [4.69, 9.17) is 9.52 Å². The van der Waals surface area contributed by atoms with Gasteiger partial charge in [0.25, 0.3) is 5.91 Å². The van der Waals surface area contributed by atoms with Gasteiger partial charge in [0.05, 0.1) is 6.26 Å². The molecule has 0 fully saturated rings. The van der Waals surface area contributed by atoms with Crippen LogP contribution in [-0.4, -0.2) is 35.5 Å². The summed E-state index contributed by atoms with van der Waals surface area (Å²) in [6.45, 7) is 4.04. The number of carboxylic acids is 1. The molecule has 122 valence electrons. The molecule has 0 saturated carbocycles. The average Bonchev–Trinajstić information content (AvgIpc) is 2.97. The van der Waals surface area contributed by atoms with Crippen LogP contribution in [0, 0.1) is 5.92 Å². The van der Waals surface area contributed by atoms with E-state index in [1.54, 1.807) is 6.07 Å². The predicted octanol–water partition coefficient (Wildman–Crippen LogP) is 1.41. The Hall–Kier alpha value is -2.31. The van der Waals surface area contributed by atoms with Crippen LogP contribution in [0.3, 0.4) is 0 Å². The van der Waals surface area contributed by atoms with Crippen molar-refractivity contribution in [3.8, 4) is 0 Å². The van der Waals surface area contributed by atoms with Crippen molar-refractivity contribution in [2.24, 2.45) is 5.92 Å². The Labute approximate surface area is 129 Å². The molecule has 1 heterocycles. The molecule has 0 saturated heterocycles. The SMILES string of the molecule is CC(C)C(NC(=O)c1ccco1)C(=O)NCCCCC(=O)O. The van der Waals surface area contributed by atoms with E-state index >= 15 is 0 Å². The van der Waals surface area contributed by atoms with Crippen LogP contribution in [0.4, 0.5) is 0 Å². The zero-order valence-electron chi connectivity index (χ0n) is 12.8. The third-order valence-electron chi connectivity index (χ3n) is 3.10. The minimum Gasteiger partial charge on any atom is -0.481 e. The number of furan rings is 1. The Balaban J connectivity index is 2.43. The molecular weight excluding hydrogens is 288 g/mol. The van der Waals surface area contributed by atoms with Crippen molar-refractivity contribution < 1.29 is 23.9 Å². The van der Waals surface area contributed by atoms with Crippen molar-refractivity contribution in [3.63, 3.8) is 0 Å². The molecule has 0 radical (unpaired) electrons. The van der Waals surface area contributed by atoms with Crippen molar-refractivity contribution in [3.05, 3.63) is 24.2 Å². The Bertz CT molecular complexity index is 496. The van der Waals surface area contributed by atoms with Crippen LogP contribution >= 0.6 is 0 Å². The minimum atomic E-state index is -0.850. The molecule has 2 amide bonds. The molecule has 0 aliphatic rings. The first kappa shape index (κ1) is 17.7. The molecule has 0 spiro atoms. The summed E-state index contributed by atoms with van der Waals surface area (Å²) in [7, 11) is 0. The highest BCUT2D eigenvalue weighted by molar-refractivity contribution is 5.95. The van der Waals surface area contributed by atoms with Gasteiger partial charge in [-0.1, -0.05) is 13.8 Å². The molecule has 22 heavy (non-hydrogen) atoms. The van der Waals surface area contributed by atoms with Gasteiger partial charge < -0.3 is 20.2 Å². The van der Waals surface area contributed by atoms with Crippen LogP contribution in [0.15, 0.2) is 22.8 Å². The second-order valence-electron chi connectivity index (χ2n) is 5.31. The quantitative estimate of drug-likeness (QED) is 0.597. The molecule has 0 bridgehead atoms. The second kappa shape index (κ2) is 8.86. The fraction of sp³-hybridized carbons (Fsp3) is 0.533. The summed E-state index contributed by atoms with van der Waals surface area (Å²) < 4.78 is 4.99. The Morgan fingerprint density at radius 3 is 2.55 bits per heavy atom. The number of rotatable bonds is 9. The van der Waals surface area contributed by atoms with Gasteiger partial charge in [0.15, 0.2) is 5.76 Å². The van der Waals surface area contributed by atoms with Gasteiger partial charge in [0.1, 0.15) is 6.04 Å². The summed E-state index contributed by atoms with van der Waals surface area (Å²) >= 11 is 0. The Morgan fingerprint density at radius 1 is 1.27 bits per heavy atom. The van der Waals surface area contributed by atoms with Gasteiger partial charge in [-0.2, -0.15) is 0 Å². The molecule has 0 aliphatic heterocycles. The van der Waals surface area contributed by atoms with E-state index in [9.17, 15) is 14.4 Å². The Kier molecular flexibility index (Phi) is 7.15. The number of hydrogen-bond donors (Lipinski definition) is 3. The van der Waals surface area contributed by atoms with Gasteiger partial charge in [0.2, 0.25) is 5.91 Å². The summed E-state index contributed by atoms with van der Waals surface area (Å²) in [5.74, 6) is -1.51. The Morgan fingerprint density at radius 2 is 2.00 bits per heavy atom. The van der Waals surface area contributed by atoms with E-state index in [1.807, 2.05) is 13.8 Å². The second-order valence-corrected chi connectivity index (χ2v) is 5.31. The van der Waals surface area contributed by atoms with Crippen LogP contribution in [-0.2, 0) is 9.59 Å². The van der Waals surface area contributed by atoms with E-state index in [0.717, 1.165) is 0 Å². The van der Waals surface area contributed by atoms with E-state index < -0.39 is 17.9 Å². The highest BCUT2D eigenvalue weighted by atomic mass is 16.4. The van der Waals surface area contributed by atoms with Crippen LogP contribution in [0.25, 0.3) is 0 Å². The molecule has 3 N–H and O–H groups in total. The van der Waals surface area contributed by atoms with Gasteiger partial charge in [-0.15, -0.1) is 0 Å². The topological polar surface area (TPSA) is 109 Å². The molecule has 7 heteroatoms. The highest BCUT2D eigenvalue weighted by Crippen LogP contribution is 2.06. The summed E-state index contributed by atoms with van der Waals surface area (Å²) in [4.78, 5) is 34.4. The van der Waals surface area contributed by atoms with Gasteiger partial charge in [0, 0.05) is 13.0 Å². The molecule has 1 unspecified atom stereocenters. The number of carbonyl (C=O) groups excluding carboxylic acids is 2. The molecule has 0 aliphatic carbocycles. The summed E-state index contributed by atoms with van der Waals surface area (Å²) in [6, 6.07) is 2.45. The molecule has 1 aromatic heterocycles. The molecule has 1 aromatic rings. The fourth-order valence-electron chi connectivity index (χ4n) is 1.88. The summed E-state index contributed by atoms with van der Waals surface area (Å²) in [5, 5.41) is 13.9. The maximum Gasteiger partial charge on any atom is 0.303 e. The lowest BCUT2D eigenvalue weighted by atomic mass is 10.0. The van der Waals surface area contributed by atoms with Crippen LogP contribution in [0.2, 0.25) is 0 Å². The van der Waals surface area contributed by atoms with Gasteiger partial charge in [-0.3, -0.25) is 14.4 Å². The van der Waals surface area contributed by atoms with Gasteiger partial charge in [-0.05, 0) is 30.9 Å². The number of amides is 2. The normalized spacial score (nSPS) is 12.0. The number of nitrogens with one attached hydrogen (secondary N) is 2. The zero-order chi connectivity index (χ0) is 16.5. The maximum atomic E-state index is 12.1. The van der Waals surface area contributed by atoms with E-state index in [-0.39, 0.29) is 24.0 Å². The first-order valence-electron chi connectivity index (χ1n) is 7.25. The lowest BCUT2D eigenvalue weighted by Crippen LogP contribution is -2.49. The van der Waals surface area contributed by atoms with Crippen molar-refractivity contribution in [2.75, 3.05) is 6.54 Å². The van der Waals surface area contributed by atoms with E-state index in [0.29, 0.717) is 19.4 Å². The standard InChI is InChI=1S/C15H22N2O5/c1-10(2)13(17-14(20)11-6-5-9-22-11)15(21)16-8-4-3-7-12(18)19/h5-6,9-10,13H,3-4,7-8H2,1-2H3,(H,16,21)(H,17,20)(H,18,19).